The van der Waals surface area contributed by atoms with E-state index < -0.39 is 46.6 Å². The second-order valence-electron chi connectivity index (χ2n) is 11.6. The van der Waals surface area contributed by atoms with Gasteiger partial charge in [-0.25, -0.2) is 13.6 Å². The first kappa shape index (κ1) is 32.4. The van der Waals surface area contributed by atoms with Crippen molar-refractivity contribution in [3.63, 3.8) is 0 Å². The minimum Gasteiger partial charge on any atom is -0.471 e. The quantitative estimate of drug-likeness (QED) is 0.129. The number of amides is 1. The van der Waals surface area contributed by atoms with E-state index in [2.05, 4.69) is 26.3 Å². The zero-order valence-electron chi connectivity index (χ0n) is 25.3. The SMILES string of the molecule is [C-]#[N+]c1c(N)sc2c(F)ccc(-c3c(C(F)(F)F)cc4c(O[C@@H]5CCN(C(=O)C=C)[C@@H]5C)nc(OC[C@@H]5CCCN5C)nc4c3F)c12. The monoisotopic (exact) mass is 672 g/mol. The summed E-state index contributed by atoms with van der Waals surface area (Å²) < 4.78 is 87.9. The van der Waals surface area contributed by atoms with Crippen LogP contribution in [-0.4, -0.2) is 70.6 Å². The Kier molecular flexibility index (Phi) is 8.43. The van der Waals surface area contributed by atoms with Crippen molar-refractivity contribution in [3.05, 3.63) is 59.5 Å². The molecule has 0 aliphatic carbocycles. The lowest BCUT2D eigenvalue weighted by molar-refractivity contribution is -0.137. The normalized spacial score (nSPS) is 20.2. The molecule has 2 aromatic carbocycles. The van der Waals surface area contributed by atoms with Crippen LogP contribution in [0.1, 0.15) is 31.7 Å². The summed E-state index contributed by atoms with van der Waals surface area (Å²) in [6.07, 6.45) is -2.55. The minimum absolute atomic E-state index is 0.0172. The van der Waals surface area contributed by atoms with E-state index in [1.54, 1.807) is 6.92 Å². The number of alkyl halides is 3. The highest BCUT2D eigenvalue weighted by atomic mass is 32.1. The van der Waals surface area contributed by atoms with E-state index in [1.165, 1.54) is 4.90 Å². The number of fused-ring (bicyclic) bond motifs is 2. The maximum absolute atomic E-state index is 16.8. The van der Waals surface area contributed by atoms with Crippen molar-refractivity contribution in [1.82, 2.24) is 19.8 Å². The minimum atomic E-state index is -5.11. The number of hydrogen-bond donors (Lipinski definition) is 1. The molecule has 2 aliphatic rings. The van der Waals surface area contributed by atoms with Gasteiger partial charge in [-0.05, 0) is 57.1 Å². The third kappa shape index (κ3) is 5.69. The second-order valence-corrected chi connectivity index (χ2v) is 12.6. The van der Waals surface area contributed by atoms with E-state index in [4.69, 9.17) is 21.8 Å². The molecule has 9 nitrogen and oxygen atoms in total. The Morgan fingerprint density at radius 2 is 2.02 bits per heavy atom. The van der Waals surface area contributed by atoms with Gasteiger partial charge in [0.2, 0.25) is 17.5 Å². The number of benzene rings is 2. The lowest BCUT2D eigenvalue weighted by Crippen LogP contribution is -2.38. The number of carbonyl (C=O) groups is 1. The molecular weight excluding hydrogens is 643 g/mol. The van der Waals surface area contributed by atoms with Crippen molar-refractivity contribution in [2.24, 2.45) is 0 Å². The van der Waals surface area contributed by atoms with Gasteiger partial charge in [-0.1, -0.05) is 12.6 Å². The first-order valence-corrected chi connectivity index (χ1v) is 15.6. The molecule has 15 heteroatoms. The molecule has 1 amide bonds. The molecule has 4 aromatic rings. The summed E-state index contributed by atoms with van der Waals surface area (Å²) >= 11 is 0.688. The van der Waals surface area contributed by atoms with Crippen molar-refractivity contribution >= 4 is 48.9 Å². The summed E-state index contributed by atoms with van der Waals surface area (Å²) in [6.45, 7) is 14.1. The first-order chi connectivity index (χ1) is 22.3. The Morgan fingerprint density at radius 1 is 1.26 bits per heavy atom. The number of aromatic nitrogens is 2. The van der Waals surface area contributed by atoms with Crippen molar-refractivity contribution in [2.45, 2.75) is 50.6 Å². The van der Waals surface area contributed by atoms with Crippen LogP contribution >= 0.6 is 11.3 Å². The highest BCUT2D eigenvalue weighted by molar-refractivity contribution is 7.23. The van der Waals surface area contributed by atoms with E-state index in [0.717, 1.165) is 37.6 Å². The van der Waals surface area contributed by atoms with Crippen LogP contribution in [0.4, 0.5) is 32.6 Å². The Hall–Kier alpha value is -4.55. The van der Waals surface area contributed by atoms with Gasteiger partial charge in [0.1, 0.15) is 24.0 Å². The average molecular weight is 673 g/mol. The van der Waals surface area contributed by atoms with Crippen LogP contribution in [0.15, 0.2) is 30.9 Å². The number of nitrogen functional groups attached to an aromatic ring is 1. The molecule has 3 atom stereocenters. The number of likely N-dealkylation sites (N-methyl/N-ethyl adjacent to an activating group) is 1. The lowest BCUT2D eigenvalue weighted by Gasteiger charge is -2.25. The fourth-order valence-electron chi connectivity index (χ4n) is 6.32. The van der Waals surface area contributed by atoms with Gasteiger partial charge in [0, 0.05) is 30.0 Å². The number of thiophene rings is 1. The number of nitrogens with zero attached hydrogens (tertiary/aromatic N) is 5. The molecule has 0 saturated carbocycles. The van der Waals surface area contributed by atoms with E-state index in [0.29, 0.717) is 30.4 Å². The number of nitrogens with two attached hydrogens (primary N) is 1. The van der Waals surface area contributed by atoms with Gasteiger partial charge in [0.05, 0.1) is 33.3 Å². The van der Waals surface area contributed by atoms with Crippen LogP contribution in [0.2, 0.25) is 0 Å². The predicted octanol–water partition coefficient (Wildman–Crippen LogP) is 6.97. The maximum atomic E-state index is 16.8. The molecule has 0 radical (unpaired) electrons. The lowest BCUT2D eigenvalue weighted by atomic mass is 9.93. The highest BCUT2D eigenvalue weighted by Crippen LogP contribution is 2.50. The number of ether oxygens (including phenoxy) is 2. The van der Waals surface area contributed by atoms with Gasteiger partial charge in [0.15, 0.2) is 5.82 Å². The smallest absolute Gasteiger partial charge is 0.417 e. The number of likely N-dealkylation sites (tertiary alicyclic amines) is 2. The molecule has 0 spiro atoms. The molecular formula is C32H29F5N6O3S. The van der Waals surface area contributed by atoms with Crippen molar-refractivity contribution in [1.29, 1.82) is 0 Å². The fourth-order valence-corrected chi connectivity index (χ4v) is 7.25. The molecule has 2 saturated heterocycles. The van der Waals surface area contributed by atoms with Crippen molar-refractivity contribution < 1.29 is 36.2 Å². The highest BCUT2D eigenvalue weighted by Gasteiger charge is 2.40. The molecule has 4 heterocycles. The van der Waals surface area contributed by atoms with Crippen LogP contribution in [0.25, 0.3) is 37.0 Å². The number of hydrogen-bond acceptors (Lipinski definition) is 8. The van der Waals surface area contributed by atoms with Gasteiger partial charge >= 0.3 is 12.2 Å². The van der Waals surface area contributed by atoms with Crippen LogP contribution < -0.4 is 15.2 Å². The molecule has 0 bridgehead atoms. The van der Waals surface area contributed by atoms with E-state index in [9.17, 15) is 22.4 Å². The number of anilines is 1. The van der Waals surface area contributed by atoms with Crippen molar-refractivity contribution in [2.75, 3.05) is 32.5 Å². The summed E-state index contributed by atoms with van der Waals surface area (Å²) in [5.41, 5.74) is 2.41. The van der Waals surface area contributed by atoms with Gasteiger partial charge < -0.3 is 25.0 Å². The van der Waals surface area contributed by atoms with E-state index >= 15 is 4.39 Å². The Bertz CT molecular complexity index is 1960. The second kappa shape index (κ2) is 12.2. The largest absolute Gasteiger partial charge is 0.471 e. The van der Waals surface area contributed by atoms with Crippen LogP contribution in [0.5, 0.6) is 11.9 Å². The Balaban J connectivity index is 1.57. The van der Waals surface area contributed by atoms with Gasteiger partial charge in [-0.15, -0.1) is 11.3 Å². The third-order valence-electron chi connectivity index (χ3n) is 8.84. The molecule has 47 heavy (non-hydrogen) atoms. The zero-order valence-corrected chi connectivity index (χ0v) is 26.1. The fraction of sp³-hybridized carbons (Fsp3) is 0.375. The Labute approximate surface area is 270 Å². The van der Waals surface area contributed by atoms with Gasteiger partial charge in [0.25, 0.3) is 0 Å². The molecule has 246 valence electrons. The van der Waals surface area contributed by atoms with Gasteiger partial charge in [-0.3, -0.25) is 4.79 Å². The van der Waals surface area contributed by atoms with E-state index in [1.807, 2.05) is 7.05 Å². The summed E-state index contributed by atoms with van der Waals surface area (Å²) in [4.78, 5) is 27.8. The van der Waals surface area contributed by atoms with E-state index in [-0.39, 0.29) is 62.2 Å². The Morgan fingerprint density at radius 3 is 2.68 bits per heavy atom. The van der Waals surface area contributed by atoms with Crippen LogP contribution in [0, 0.1) is 18.2 Å². The molecule has 2 fully saturated rings. The summed E-state index contributed by atoms with van der Waals surface area (Å²) in [5.74, 6) is -2.89. The van der Waals surface area contributed by atoms with Crippen LogP contribution in [-0.2, 0) is 11.0 Å². The topological polar surface area (TPSA) is 98.2 Å². The number of carbonyl (C=O) groups excluding carboxylic acids is 1. The number of rotatable bonds is 7. The van der Waals surface area contributed by atoms with Crippen LogP contribution in [0.3, 0.4) is 0 Å². The molecule has 2 N–H and O–H groups in total. The molecule has 2 aromatic heterocycles. The zero-order chi connectivity index (χ0) is 33.8. The summed E-state index contributed by atoms with van der Waals surface area (Å²) in [5, 5.41) is -0.723. The predicted molar refractivity (Wildman–Crippen MR) is 168 cm³/mol. The maximum Gasteiger partial charge on any atom is 0.417 e. The summed E-state index contributed by atoms with van der Waals surface area (Å²) in [7, 11) is 1.93. The molecule has 2 aliphatic heterocycles. The number of halogens is 5. The first-order valence-electron chi connectivity index (χ1n) is 14.8. The standard InChI is InChI=1S/C32H29F5N6O3S/c1-5-22(44)43-12-10-21(15(43)2)46-30-18-13-19(32(35,36)37)23(17-8-9-20(33)28-24(17)27(39-3)29(38)47-28)25(34)26(18)40-31(41-30)45-14-16-7-6-11-42(16)4/h5,8-9,13,15-16,21H,1,6-7,10-12,14,38H2,2,4H3/t15-,16+,21-/m1/s1. The third-order valence-corrected chi connectivity index (χ3v) is 9.85. The average Bonchev–Trinajstić information content (AvgIpc) is 3.72. The van der Waals surface area contributed by atoms with Crippen molar-refractivity contribution in [3.8, 4) is 23.0 Å². The van der Waals surface area contributed by atoms with Gasteiger partial charge in [-0.2, -0.15) is 23.1 Å². The summed E-state index contributed by atoms with van der Waals surface area (Å²) in [6, 6.07) is 1.79. The molecule has 0 unspecified atom stereocenters. The molecule has 6 rings (SSSR count).